The Labute approximate surface area is 834 Å². The number of amides is 2. The number of carbonyl (C=O) groups is 2. The number of anilines is 3. The summed E-state index contributed by atoms with van der Waals surface area (Å²) >= 11 is 40.0. The minimum atomic E-state index is -4.54. The zero-order valence-corrected chi connectivity index (χ0v) is 84.8. The molecule has 0 saturated carbocycles. The van der Waals surface area contributed by atoms with Crippen LogP contribution in [0.2, 0.25) is 35.9 Å². The van der Waals surface area contributed by atoms with E-state index in [1.807, 2.05) is 79.7 Å². The molecule has 15 rings (SSSR count). The number of carbonyl (C=O) groups excluding carboxylic acids is 2. The molecule has 2 amide bonds. The Morgan fingerprint density at radius 1 is 0.515 bits per heavy atom. The molecule has 7 aromatic heterocycles. The number of morpholine rings is 2. The Morgan fingerprint density at radius 2 is 0.933 bits per heavy atom. The van der Waals surface area contributed by atoms with E-state index in [-0.39, 0.29) is 63.6 Å². The normalized spacial score (nSPS) is 19.9. The van der Waals surface area contributed by atoms with Crippen LogP contribution < -0.4 is 75.2 Å². The van der Waals surface area contributed by atoms with Gasteiger partial charge < -0.3 is 73.2 Å². The van der Waals surface area contributed by atoms with Crippen molar-refractivity contribution in [3.05, 3.63) is 190 Å². The molecule has 9 aromatic rings. The Morgan fingerprint density at radius 3 is 1.36 bits per heavy atom. The minimum Gasteiger partial charge on any atom is -0.855 e. The smallest absolute Gasteiger partial charge is 0.855 e. The number of pyridine rings is 2. The first-order valence-corrected chi connectivity index (χ1v) is 45.8. The summed E-state index contributed by atoms with van der Waals surface area (Å²) in [6.45, 7) is 40.1. The molecule has 6 aliphatic rings. The van der Waals surface area contributed by atoms with Crippen LogP contribution in [0.4, 0.5) is 43.4 Å². The van der Waals surface area contributed by atoms with Crippen molar-refractivity contribution in [1.29, 1.82) is 0 Å². The number of rotatable bonds is 16. The molecule has 6 saturated heterocycles. The summed E-state index contributed by atoms with van der Waals surface area (Å²) in [5, 5.41) is 58.6. The molecule has 8 atom stereocenters. The fourth-order valence-corrected chi connectivity index (χ4v) is 15.4. The number of benzene rings is 2. The van der Waals surface area contributed by atoms with E-state index in [0.29, 0.717) is 164 Å². The van der Waals surface area contributed by atoms with Crippen molar-refractivity contribution in [3.8, 4) is 28.9 Å². The molecule has 3 unspecified atom stereocenters. The number of alkyl halides is 6. The molecule has 2 aromatic carbocycles. The second-order valence-electron chi connectivity index (χ2n) is 32.4. The monoisotopic (exact) mass is 2020 g/mol. The van der Waals surface area contributed by atoms with E-state index in [1.54, 1.807) is 32.9 Å². The van der Waals surface area contributed by atoms with Gasteiger partial charge in [0.05, 0.1) is 103 Å². The predicted octanol–water partition coefficient (Wildman–Crippen LogP) is 15.8. The van der Waals surface area contributed by atoms with Crippen LogP contribution in [0, 0.1) is 31.6 Å². The van der Waals surface area contributed by atoms with Crippen LogP contribution in [0.5, 0.6) is 17.6 Å². The maximum absolute atomic E-state index is 13.0. The minimum absolute atomic E-state index is 0. The molecule has 29 nitrogen and oxygen atoms in total. The van der Waals surface area contributed by atoms with Gasteiger partial charge in [-0.15, -0.1) is 57.6 Å². The van der Waals surface area contributed by atoms with Crippen molar-refractivity contribution in [3.63, 3.8) is 0 Å². The van der Waals surface area contributed by atoms with E-state index in [1.165, 1.54) is 42.7 Å². The number of hydrogen-bond acceptors (Lipinski definition) is 27. The van der Waals surface area contributed by atoms with Gasteiger partial charge in [-0.3, -0.25) is 19.6 Å². The first-order valence-electron chi connectivity index (χ1n) is 43.2. The molecule has 44 heteroatoms. The maximum Gasteiger partial charge on any atom is 1.00 e. The molecule has 134 heavy (non-hydrogen) atoms. The zero-order valence-electron chi connectivity index (χ0n) is 77.5. The third kappa shape index (κ3) is 34.3. The summed E-state index contributed by atoms with van der Waals surface area (Å²) in [4.78, 5) is 35.9. The molecule has 0 radical (unpaired) electrons. The van der Waals surface area contributed by atoms with Crippen LogP contribution in [0.25, 0.3) is 11.3 Å². The molecule has 0 aliphatic carbocycles. The fourth-order valence-electron chi connectivity index (χ4n) is 14.3. The van der Waals surface area contributed by atoms with E-state index in [0.717, 1.165) is 125 Å². The summed E-state index contributed by atoms with van der Waals surface area (Å²) in [6.07, 6.45) is -3.27. The summed E-state index contributed by atoms with van der Waals surface area (Å²) < 4.78 is 134. The number of ether oxygens (including phenoxy) is 8. The van der Waals surface area contributed by atoms with Crippen molar-refractivity contribution in [2.45, 2.75) is 177 Å². The van der Waals surface area contributed by atoms with Crippen molar-refractivity contribution >= 4 is 123 Å². The standard InChI is InChI=1S/C25H26F3N5O3.C20H22BF3N2O3.2C12H17ClN2O2.C10H12Cl2N2O.C5H11NO.C4HCl3N2.C2H5O.Na/c1-4-36-24-22(33-8-9-35-14-15(33)2)12-21(31-32-24)20-11-19(13-29-16(20)3)30-23(34)17-6-5-7-18(10-17)25(26,27)28;1-12-16(21-28-18(2,3)19(4,5)29-21)10-15(11-25-12)26-17(27)13-7-6-8-14(9-13)20(22,23)24;2*1-3-17-12-10(6-11(13)14-15-12)9-4-5-16-7-8(9)2;1-6-5-15-3-2-7(6)8-4-9(11)13-14-10(8)12;1-5-4-7-3-2-6-5;5-2-1-3(6)8-9-4(2)7;1-2-3;/h5-7,10-13,15H,4,8-9,14H2,1-3H3,(H,30,34);6-11H,1-5H3,(H,26,27);2*6,8-9H,3-5,7H2,1-2H3;4,6-7H,2-3,5H2,1H3;5-6H,2-4H2,1H3;1H;2H2,1H3;/q;;;;;;;-1;+1/t15-;;2*8-,9?;6-,7?;5-;;;/m1.1111.../s1. The Bertz CT molecular complexity index is 5150. The van der Waals surface area contributed by atoms with E-state index in [2.05, 4.69) is 109 Å². The molecule has 724 valence electrons. The number of hydrogen-bond donors (Lipinski definition) is 3. The van der Waals surface area contributed by atoms with Gasteiger partial charge in [-0.05, 0) is 215 Å². The van der Waals surface area contributed by atoms with Gasteiger partial charge in [-0.2, -0.15) is 26.3 Å². The number of nitrogens with one attached hydrogen (secondary N) is 3. The van der Waals surface area contributed by atoms with E-state index < -0.39 is 53.6 Å². The maximum atomic E-state index is 13.0. The molecule has 6 aliphatic heterocycles. The first kappa shape index (κ1) is 114. The molecule has 13 heterocycles. The second-order valence-corrected chi connectivity index (χ2v) is 35.1. The fraction of sp³-hybridized carbons (Fsp3) is 0.511. The van der Waals surface area contributed by atoms with Crippen LogP contribution in [-0.4, -0.2) is 209 Å². The molecule has 0 bridgehead atoms. The van der Waals surface area contributed by atoms with Crippen molar-refractivity contribution in [2.24, 2.45) is 17.8 Å². The number of aromatic nitrogens is 12. The first-order chi connectivity index (χ1) is 63.1. The largest absolute Gasteiger partial charge is 1.00 e. The van der Waals surface area contributed by atoms with Crippen molar-refractivity contribution in [1.82, 2.24) is 66.3 Å². The van der Waals surface area contributed by atoms with Crippen molar-refractivity contribution in [2.75, 3.05) is 121 Å². The molecular weight excluding hydrogens is 1910 g/mol. The Balaban J connectivity index is 0.000000224. The average Bonchev–Trinajstić information content (AvgIpc) is 1.61. The molecule has 0 spiro atoms. The quantitative estimate of drug-likeness (QED) is 0.0597. The van der Waals surface area contributed by atoms with Crippen LogP contribution in [0.1, 0.15) is 187 Å². The Hall–Kier alpha value is -7.41. The van der Waals surface area contributed by atoms with Gasteiger partial charge in [0.15, 0.2) is 30.9 Å². The predicted molar refractivity (Wildman–Crippen MR) is 499 cm³/mol. The van der Waals surface area contributed by atoms with Gasteiger partial charge in [0.25, 0.3) is 17.7 Å². The van der Waals surface area contributed by atoms with E-state index >= 15 is 0 Å². The topological polar surface area (TPSA) is 344 Å². The van der Waals surface area contributed by atoms with Gasteiger partial charge >= 0.3 is 49.0 Å². The second kappa shape index (κ2) is 54.8. The third-order valence-corrected chi connectivity index (χ3v) is 23.5. The van der Waals surface area contributed by atoms with Crippen LogP contribution in [0.15, 0.2) is 103 Å². The zero-order chi connectivity index (χ0) is 97.5. The van der Waals surface area contributed by atoms with Crippen molar-refractivity contribution < 1.29 is 118 Å². The molecule has 3 N–H and O–H groups in total. The van der Waals surface area contributed by atoms with Crippen LogP contribution in [-0.2, 0) is 45.3 Å². The van der Waals surface area contributed by atoms with Gasteiger partial charge in [0.1, 0.15) is 5.69 Å². The van der Waals surface area contributed by atoms with Gasteiger partial charge in [0, 0.05) is 109 Å². The average molecular weight is 2020 g/mol. The summed E-state index contributed by atoms with van der Waals surface area (Å²) in [5.74, 6) is 2.76. The Kier molecular flexibility index (Phi) is 46.5. The van der Waals surface area contributed by atoms with E-state index in [9.17, 15) is 35.9 Å². The summed E-state index contributed by atoms with van der Waals surface area (Å²) in [6, 6.07) is 21.3. The molecule has 6 fully saturated rings. The number of aryl methyl sites for hydroxylation is 2. The van der Waals surface area contributed by atoms with Gasteiger partial charge in [0.2, 0.25) is 11.8 Å². The SMILES string of the molecule is CCOc1nnc(-c2cc(NC(=O)c3cccc(C(F)(F)F)c3)cnc2C)cc1N1CCOC[C@H]1C.CCOc1nnc(Cl)cc1C1CCOC[C@H]1C.CCOc1nnc(Cl)cc1C1CCOC[C@H]1C.CC[O-].C[C@@H]1COCCC1c1cc(Cl)nnc1Cl.C[C@@H]1COCCN1.Cc1ncc(NC(=O)c2cccc(C(F)(F)F)c2)cc1B1OC(C)(C)C(C)(C)O1.Clc1cc(Cl)c(Cl)nn1.[Na+]. The number of halogens is 13. The van der Waals surface area contributed by atoms with Crippen LogP contribution >= 0.6 is 81.2 Å². The van der Waals surface area contributed by atoms with E-state index in [4.69, 9.17) is 134 Å². The molecular formula is C90H111BCl7F6N16NaO13. The number of nitrogens with zero attached hydrogens (tertiary/aromatic N) is 13. The third-order valence-electron chi connectivity index (χ3n) is 21.8. The van der Waals surface area contributed by atoms with Gasteiger partial charge in [-0.25, -0.2) is 0 Å². The summed E-state index contributed by atoms with van der Waals surface area (Å²) in [5.41, 5.74) is 4.56. The summed E-state index contributed by atoms with van der Waals surface area (Å²) in [7, 11) is -0.669. The van der Waals surface area contributed by atoms with Gasteiger partial charge in [-0.1, -0.05) is 121 Å². The van der Waals surface area contributed by atoms with Crippen LogP contribution in [0.3, 0.4) is 0 Å².